The summed E-state index contributed by atoms with van der Waals surface area (Å²) in [6.07, 6.45) is 5.62. The maximum atomic E-state index is 3.29. The lowest BCUT2D eigenvalue weighted by Crippen LogP contribution is -1.69. The first-order chi connectivity index (χ1) is 4.84. The van der Waals surface area contributed by atoms with Gasteiger partial charge in [0.05, 0.1) is 0 Å². The number of rotatable bonds is 1. The second-order valence-corrected chi connectivity index (χ2v) is 3.14. The average molecular weight is 132 g/mol. The van der Waals surface area contributed by atoms with Crippen molar-refractivity contribution in [2.75, 3.05) is 0 Å². The van der Waals surface area contributed by atoms with E-state index in [4.69, 9.17) is 0 Å². The summed E-state index contributed by atoms with van der Waals surface area (Å²) >= 11 is 0. The van der Waals surface area contributed by atoms with Gasteiger partial charge in [-0.25, -0.2) is 0 Å². The molecule has 0 amide bonds. The van der Waals surface area contributed by atoms with Crippen molar-refractivity contribution >= 4 is 0 Å². The molecule has 2 aliphatic carbocycles. The molecule has 0 heterocycles. The Hall–Kier alpha value is -0.740. The van der Waals surface area contributed by atoms with Crippen LogP contribution < -0.4 is 0 Å². The Morgan fingerprint density at radius 1 is 1.70 bits per heavy atom. The van der Waals surface area contributed by atoms with E-state index in [1.807, 2.05) is 13.0 Å². The zero-order valence-corrected chi connectivity index (χ0v) is 6.52. The van der Waals surface area contributed by atoms with Crippen molar-refractivity contribution in [1.82, 2.24) is 0 Å². The molecule has 0 N–H and O–H groups in total. The van der Waals surface area contributed by atoms with E-state index in [1.54, 1.807) is 5.57 Å². The third kappa shape index (κ3) is 0.767. The van der Waals surface area contributed by atoms with Crippen LogP contribution in [0.2, 0.25) is 0 Å². The molecule has 0 aromatic carbocycles. The van der Waals surface area contributed by atoms with Crippen LogP contribution in [0.1, 0.15) is 20.3 Å². The van der Waals surface area contributed by atoms with Gasteiger partial charge in [-0.15, -0.1) is 5.73 Å². The first-order valence-corrected chi connectivity index (χ1v) is 3.94. The van der Waals surface area contributed by atoms with Gasteiger partial charge in [0.15, 0.2) is 0 Å². The van der Waals surface area contributed by atoms with Crippen molar-refractivity contribution < 1.29 is 0 Å². The lowest BCUT2D eigenvalue weighted by atomic mass is 10.3. The highest BCUT2D eigenvalue weighted by Crippen LogP contribution is 2.54. The van der Waals surface area contributed by atoms with Crippen molar-refractivity contribution in [3.8, 4) is 0 Å². The Balaban J connectivity index is 2.17. The van der Waals surface area contributed by atoms with Gasteiger partial charge in [-0.3, -0.25) is 0 Å². The first kappa shape index (κ1) is 6.00. The number of hydrogen-bond donors (Lipinski definition) is 0. The molecule has 1 saturated carbocycles. The van der Waals surface area contributed by atoms with Crippen LogP contribution in [0.25, 0.3) is 0 Å². The van der Waals surface area contributed by atoms with E-state index in [0.717, 1.165) is 11.8 Å². The third-order valence-corrected chi connectivity index (χ3v) is 2.37. The summed E-state index contributed by atoms with van der Waals surface area (Å²) in [6, 6.07) is 0. The van der Waals surface area contributed by atoms with Gasteiger partial charge in [-0.05, 0) is 30.9 Å². The molecule has 0 bridgehead atoms. The van der Waals surface area contributed by atoms with E-state index in [0.29, 0.717) is 0 Å². The smallest absolute Gasteiger partial charge is 0.0158 e. The SMILES string of the molecule is CC=C=C1C(C)C1C1=CC1. The second kappa shape index (κ2) is 1.87. The molecule has 2 atom stereocenters. The molecule has 0 radical (unpaired) electrons. The van der Waals surface area contributed by atoms with E-state index in [1.165, 1.54) is 12.0 Å². The van der Waals surface area contributed by atoms with Crippen molar-refractivity contribution in [2.24, 2.45) is 11.8 Å². The Bertz CT molecular complexity index is 249. The van der Waals surface area contributed by atoms with Crippen LogP contribution in [0.5, 0.6) is 0 Å². The molecule has 0 aromatic heterocycles. The fraction of sp³-hybridized carbons (Fsp3) is 0.500. The highest BCUT2D eigenvalue weighted by atomic mass is 14.5. The lowest BCUT2D eigenvalue weighted by Gasteiger charge is -1.77. The standard InChI is InChI=1S/C10H12/c1-3-4-9-7(2)10(9)8-5-6-8/h3,5,7,10H,6H2,1-2H3. The van der Waals surface area contributed by atoms with E-state index in [9.17, 15) is 0 Å². The minimum absolute atomic E-state index is 0.796. The molecule has 2 unspecified atom stereocenters. The summed E-state index contributed by atoms with van der Waals surface area (Å²) in [4.78, 5) is 0. The Labute approximate surface area is 61.9 Å². The maximum Gasteiger partial charge on any atom is 0.0158 e. The molecule has 0 saturated heterocycles. The molecule has 1 fully saturated rings. The van der Waals surface area contributed by atoms with Gasteiger partial charge >= 0.3 is 0 Å². The van der Waals surface area contributed by atoms with Gasteiger partial charge in [0, 0.05) is 5.92 Å². The van der Waals surface area contributed by atoms with Crippen LogP contribution in [-0.4, -0.2) is 0 Å². The van der Waals surface area contributed by atoms with Crippen molar-refractivity contribution in [3.63, 3.8) is 0 Å². The van der Waals surface area contributed by atoms with Crippen LogP contribution >= 0.6 is 0 Å². The summed E-state index contributed by atoms with van der Waals surface area (Å²) < 4.78 is 0. The van der Waals surface area contributed by atoms with Crippen molar-refractivity contribution in [2.45, 2.75) is 20.3 Å². The van der Waals surface area contributed by atoms with Crippen molar-refractivity contribution in [3.05, 3.63) is 29.0 Å². The minimum atomic E-state index is 0.796. The molecular formula is C10H12. The van der Waals surface area contributed by atoms with E-state index in [-0.39, 0.29) is 0 Å². The van der Waals surface area contributed by atoms with Gasteiger partial charge < -0.3 is 0 Å². The summed E-state index contributed by atoms with van der Waals surface area (Å²) in [5, 5.41) is 0. The van der Waals surface area contributed by atoms with E-state index in [2.05, 4.69) is 18.7 Å². The first-order valence-electron chi connectivity index (χ1n) is 3.94. The summed E-state index contributed by atoms with van der Waals surface area (Å²) in [5.74, 6) is 1.60. The fourth-order valence-corrected chi connectivity index (χ4v) is 1.62. The normalized spacial score (nSPS) is 34.6. The van der Waals surface area contributed by atoms with Crippen LogP contribution in [0.4, 0.5) is 0 Å². The molecule has 0 nitrogen and oxygen atoms in total. The molecular weight excluding hydrogens is 120 g/mol. The largest absolute Gasteiger partial charge is 0.125 e. The zero-order valence-electron chi connectivity index (χ0n) is 6.52. The highest BCUT2D eigenvalue weighted by molar-refractivity contribution is 5.45. The molecule has 0 aromatic rings. The summed E-state index contributed by atoms with van der Waals surface area (Å²) in [5.41, 5.74) is 6.46. The predicted molar refractivity (Wildman–Crippen MR) is 42.6 cm³/mol. The Morgan fingerprint density at radius 3 is 2.90 bits per heavy atom. The molecule has 0 spiro atoms. The zero-order chi connectivity index (χ0) is 7.14. The Kier molecular flexibility index (Phi) is 1.12. The quantitative estimate of drug-likeness (QED) is 0.380. The molecule has 0 aliphatic heterocycles. The molecule has 52 valence electrons. The topological polar surface area (TPSA) is 0 Å². The van der Waals surface area contributed by atoms with E-state index >= 15 is 0 Å². The van der Waals surface area contributed by atoms with Gasteiger partial charge in [-0.2, -0.15) is 0 Å². The highest BCUT2D eigenvalue weighted by Gasteiger charge is 2.44. The van der Waals surface area contributed by atoms with Gasteiger partial charge in [0.1, 0.15) is 0 Å². The van der Waals surface area contributed by atoms with Crippen LogP contribution in [0.3, 0.4) is 0 Å². The van der Waals surface area contributed by atoms with E-state index < -0.39 is 0 Å². The molecule has 2 aliphatic rings. The third-order valence-electron chi connectivity index (χ3n) is 2.37. The molecule has 10 heavy (non-hydrogen) atoms. The number of allylic oxidation sites excluding steroid dienone is 3. The predicted octanol–water partition coefficient (Wildman–Crippen LogP) is 2.68. The fourth-order valence-electron chi connectivity index (χ4n) is 1.62. The van der Waals surface area contributed by atoms with Crippen LogP contribution in [-0.2, 0) is 0 Å². The molecule has 0 heteroatoms. The summed E-state index contributed by atoms with van der Waals surface area (Å²) in [7, 11) is 0. The van der Waals surface area contributed by atoms with Gasteiger partial charge in [0.2, 0.25) is 0 Å². The minimum Gasteiger partial charge on any atom is -0.125 e. The maximum absolute atomic E-state index is 3.29. The summed E-state index contributed by atoms with van der Waals surface area (Å²) in [6.45, 7) is 4.33. The lowest BCUT2D eigenvalue weighted by molar-refractivity contribution is 0.876. The van der Waals surface area contributed by atoms with Crippen molar-refractivity contribution in [1.29, 1.82) is 0 Å². The van der Waals surface area contributed by atoms with Gasteiger partial charge in [-0.1, -0.05) is 18.6 Å². The van der Waals surface area contributed by atoms with Gasteiger partial charge in [0.25, 0.3) is 0 Å². The van der Waals surface area contributed by atoms with Crippen LogP contribution in [0, 0.1) is 11.8 Å². The average Bonchev–Trinajstić information content (AvgIpc) is 2.72. The second-order valence-electron chi connectivity index (χ2n) is 3.14. The molecule has 2 rings (SSSR count). The Morgan fingerprint density at radius 2 is 2.40 bits per heavy atom. The van der Waals surface area contributed by atoms with Crippen LogP contribution in [0.15, 0.2) is 29.0 Å². The number of hydrogen-bond acceptors (Lipinski definition) is 0. The monoisotopic (exact) mass is 132 g/mol.